The van der Waals surface area contributed by atoms with Gasteiger partial charge in [-0.3, -0.25) is 0 Å². The predicted molar refractivity (Wildman–Crippen MR) is 64.9 cm³/mol. The average molecular weight is 265 g/mol. The van der Waals surface area contributed by atoms with Crippen LogP contribution >= 0.6 is 0 Å². The van der Waals surface area contributed by atoms with E-state index in [-0.39, 0.29) is 0 Å². The molecule has 0 unspecified atom stereocenters. The predicted octanol–water partition coefficient (Wildman–Crippen LogP) is 2.32. The summed E-state index contributed by atoms with van der Waals surface area (Å²) in [6.07, 6.45) is 2.05. The number of methoxy groups -OCH3 is 1. The first kappa shape index (κ1) is 12.1. The van der Waals surface area contributed by atoms with Gasteiger partial charge in [0.1, 0.15) is 0 Å². The second-order valence-corrected chi connectivity index (χ2v) is 4.62. The molecule has 0 amide bonds. The summed E-state index contributed by atoms with van der Waals surface area (Å²) in [7, 11) is 1.70. The van der Waals surface area contributed by atoms with Crippen molar-refractivity contribution < 1.29 is 4.74 Å². The summed E-state index contributed by atoms with van der Waals surface area (Å²) in [5.74, 6) is 8.49. The van der Waals surface area contributed by atoms with Crippen LogP contribution in [0.25, 0.3) is 0 Å². The van der Waals surface area contributed by atoms with Gasteiger partial charge >= 0.3 is 97.5 Å². The first-order valence-electron chi connectivity index (χ1n) is 4.67. The average Bonchev–Trinajstić information content (AvgIpc) is 2.31. The maximum atomic E-state index is 4.99. The second kappa shape index (κ2) is 7.31. The van der Waals surface area contributed by atoms with Crippen LogP contribution in [0.2, 0.25) is 5.82 Å². The second-order valence-electron chi connectivity index (χ2n) is 2.84. The van der Waals surface area contributed by atoms with Gasteiger partial charge in [0.05, 0.1) is 0 Å². The summed E-state index contributed by atoms with van der Waals surface area (Å²) in [5.41, 5.74) is 1.06. The third kappa shape index (κ3) is 4.85. The normalized spacial score (nSPS) is 10.7. The number of benzene rings is 1. The molecule has 0 saturated heterocycles. The van der Waals surface area contributed by atoms with E-state index < -0.39 is 0 Å². The van der Waals surface area contributed by atoms with E-state index in [9.17, 15) is 0 Å². The molecular weight excluding hydrogens is 251 g/mol. The Morgan fingerprint density at radius 2 is 2.13 bits per heavy atom. The molecule has 0 radical (unpaired) electrons. The molecule has 78 valence electrons. The van der Waals surface area contributed by atoms with Crippen molar-refractivity contribution >= 4 is 15.0 Å². The minimum absolute atomic E-state index is 0.431. The van der Waals surface area contributed by atoms with Crippen LogP contribution < -0.4 is 0 Å². The van der Waals surface area contributed by atoms with Crippen LogP contribution in [0.5, 0.6) is 0 Å². The van der Waals surface area contributed by atoms with Crippen LogP contribution in [0, 0.1) is 11.8 Å². The van der Waals surface area contributed by atoms with Crippen LogP contribution in [-0.2, 0) is 4.74 Å². The Kier molecular flexibility index (Phi) is 5.88. The van der Waals surface area contributed by atoms with Gasteiger partial charge in [-0.2, -0.15) is 0 Å². The van der Waals surface area contributed by atoms with Gasteiger partial charge in [0.25, 0.3) is 0 Å². The SMILES string of the molecule is COC/C=C(/C#Cc1ccccc1)[Se]C. The van der Waals surface area contributed by atoms with Gasteiger partial charge in [0.15, 0.2) is 0 Å². The molecule has 0 fully saturated rings. The van der Waals surface area contributed by atoms with Crippen molar-refractivity contribution in [2.24, 2.45) is 0 Å². The van der Waals surface area contributed by atoms with Gasteiger partial charge in [-0.05, 0) is 0 Å². The molecule has 0 N–H and O–H groups in total. The van der Waals surface area contributed by atoms with E-state index in [1.165, 1.54) is 4.47 Å². The van der Waals surface area contributed by atoms with Crippen LogP contribution in [0.4, 0.5) is 0 Å². The van der Waals surface area contributed by atoms with Gasteiger partial charge in [0.2, 0.25) is 0 Å². The Labute approximate surface area is 97.7 Å². The van der Waals surface area contributed by atoms with Gasteiger partial charge in [-0.15, -0.1) is 0 Å². The monoisotopic (exact) mass is 266 g/mol. The quantitative estimate of drug-likeness (QED) is 0.602. The molecule has 0 aliphatic rings. The third-order valence-corrected chi connectivity index (χ3v) is 3.25. The molecule has 1 aromatic carbocycles. The van der Waals surface area contributed by atoms with Gasteiger partial charge in [-0.25, -0.2) is 0 Å². The van der Waals surface area contributed by atoms with Crippen molar-refractivity contribution in [3.8, 4) is 11.8 Å². The van der Waals surface area contributed by atoms with Crippen molar-refractivity contribution in [3.05, 3.63) is 46.4 Å². The van der Waals surface area contributed by atoms with Crippen molar-refractivity contribution in [2.75, 3.05) is 13.7 Å². The number of hydrogen-bond acceptors (Lipinski definition) is 1. The summed E-state index contributed by atoms with van der Waals surface area (Å²) in [4.78, 5) is 0. The van der Waals surface area contributed by atoms with E-state index in [1.54, 1.807) is 7.11 Å². The van der Waals surface area contributed by atoms with Crippen LogP contribution in [0.3, 0.4) is 0 Å². The fourth-order valence-electron chi connectivity index (χ4n) is 1.000. The zero-order valence-electron chi connectivity index (χ0n) is 8.99. The molecule has 0 bridgehead atoms. The van der Waals surface area contributed by atoms with Gasteiger partial charge < -0.3 is 0 Å². The van der Waals surface area contributed by atoms with Crippen LogP contribution in [0.15, 0.2) is 40.9 Å². The van der Waals surface area contributed by atoms with E-state index >= 15 is 0 Å². The Hall–Kier alpha value is -1.00. The molecule has 1 aromatic rings. The number of rotatable bonds is 3. The summed E-state index contributed by atoms with van der Waals surface area (Å²) in [6.45, 7) is 0.647. The summed E-state index contributed by atoms with van der Waals surface area (Å²) < 4.78 is 6.18. The fourth-order valence-corrected chi connectivity index (χ4v) is 1.81. The Bertz CT molecular complexity index is 371. The zero-order valence-corrected chi connectivity index (χ0v) is 10.7. The molecular formula is C13H14OSe. The maximum absolute atomic E-state index is 4.99. The van der Waals surface area contributed by atoms with Crippen molar-refractivity contribution in [1.82, 2.24) is 0 Å². The molecule has 0 atom stereocenters. The Morgan fingerprint density at radius 1 is 1.40 bits per heavy atom. The van der Waals surface area contributed by atoms with E-state index in [0.29, 0.717) is 21.6 Å². The van der Waals surface area contributed by atoms with E-state index in [1.807, 2.05) is 30.3 Å². The molecule has 0 aliphatic carbocycles. The molecule has 0 saturated carbocycles. The van der Waals surface area contributed by atoms with Gasteiger partial charge in [-0.1, -0.05) is 0 Å². The molecule has 1 rings (SSSR count). The molecule has 0 heterocycles. The molecule has 1 nitrogen and oxygen atoms in total. The van der Waals surface area contributed by atoms with Crippen molar-refractivity contribution in [1.29, 1.82) is 0 Å². The molecule has 15 heavy (non-hydrogen) atoms. The molecule has 0 aromatic heterocycles. The minimum atomic E-state index is 0.431. The third-order valence-electron chi connectivity index (χ3n) is 1.76. The standard InChI is InChI=1S/C13H14OSe/c1-14-11-10-13(15-2)9-8-12-6-4-3-5-7-12/h3-7,10H,11H2,1-2H3/b13-10-. The van der Waals surface area contributed by atoms with E-state index in [4.69, 9.17) is 4.74 Å². The van der Waals surface area contributed by atoms with E-state index in [2.05, 4.69) is 23.7 Å². The summed E-state index contributed by atoms with van der Waals surface area (Å²) >= 11 is 0.431. The molecule has 0 spiro atoms. The van der Waals surface area contributed by atoms with Crippen molar-refractivity contribution in [2.45, 2.75) is 5.82 Å². The van der Waals surface area contributed by atoms with Crippen LogP contribution in [-0.4, -0.2) is 28.7 Å². The molecule has 0 aliphatic heterocycles. The fraction of sp³-hybridized carbons (Fsp3) is 0.231. The number of ether oxygens (including phenoxy) is 1. The van der Waals surface area contributed by atoms with E-state index in [0.717, 1.165) is 5.56 Å². The first-order valence-corrected chi connectivity index (χ1v) is 7.24. The molecule has 2 heteroatoms. The zero-order chi connectivity index (χ0) is 10.9. The number of hydrogen-bond donors (Lipinski definition) is 0. The summed E-state index contributed by atoms with van der Waals surface area (Å²) in [6, 6.07) is 10.0. The van der Waals surface area contributed by atoms with Crippen LogP contribution in [0.1, 0.15) is 5.56 Å². The van der Waals surface area contributed by atoms with Crippen molar-refractivity contribution in [3.63, 3.8) is 0 Å². The topological polar surface area (TPSA) is 9.23 Å². The van der Waals surface area contributed by atoms with Gasteiger partial charge in [0, 0.05) is 0 Å². The first-order chi connectivity index (χ1) is 7.36. The Morgan fingerprint density at radius 3 is 2.73 bits per heavy atom. The summed E-state index contributed by atoms with van der Waals surface area (Å²) in [5, 5.41) is 0. The number of allylic oxidation sites excluding steroid dienone is 1. The Balaban J connectivity index is 2.71.